The quantitative estimate of drug-likeness (QED) is 0.671. The van der Waals surface area contributed by atoms with E-state index in [9.17, 15) is 23.3 Å². The Hall–Kier alpha value is -1.54. The van der Waals surface area contributed by atoms with Gasteiger partial charge in [0.15, 0.2) is 0 Å². The monoisotopic (exact) mass is 325 g/mol. The van der Waals surface area contributed by atoms with Crippen molar-refractivity contribution in [3.05, 3.63) is 33.9 Å². The molecule has 118 valence electrons. The molecule has 1 fully saturated rings. The maximum atomic E-state index is 12.6. The molecule has 1 N–H and O–H groups in total. The Labute approximate surface area is 125 Å². The highest BCUT2D eigenvalue weighted by molar-refractivity contribution is 5.85. The van der Waals surface area contributed by atoms with Crippen molar-refractivity contribution < 1.29 is 18.1 Å². The number of hydrogen-bond acceptors (Lipinski definition) is 4. The first-order valence-electron chi connectivity index (χ1n) is 6.13. The van der Waals surface area contributed by atoms with Crippen LogP contribution in [0, 0.1) is 10.1 Å². The summed E-state index contributed by atoms with van der Waals surface area (Å²) >= 11 is 0. The molecule has 0 aliphatic carbocycles. The molecule has 1 aromatic carbocycles. The number of nitrogens with zero attached hydrogens (tertiary/aromatic N) is 2. The number of rotatable bonds is 2. The fraction of sp³-hybridized carbons (Fsp3) is 0.500. The lowest BCUT2D eigenvalue weighted by Gasteiger charge is -2.33. The summed E-state index contributed by atoms with van der Waals surface area (Å²) in [6, 6.07) is 2.79. The number of nitro benzene ring substituents is 1. The van der Waals surface area contributed by atoms with Crippen LogP contribution >= 0.6 is 12.4 Å². The number of piperazine rings is 1. The van der Waals surface area contributed by atoms with Gasteiger partial charge in [-0.2, -0.15) is 13.2 Å². The van der Waals surface area contributed by atoms with Gasteiger partial charge in [0.05, 0.1) is 10.5 Å². The van der Waals surface area contributed by atoms with Crippen LogP contribution in [0.5, 0.6) is 0 Å². The Kier molecular flexibility index (Phi) is 5.41. The van der Waals surface area contributed by atoms with E-state index in [2.05, 4.69) is 5.32 Å². The molecular formula is C12H15ClF3N3O2. The highest BCUT2D eigenvalue weighted by Gasteiger charge is 2.34. The lowest BCUT2D eigenvalue weighted by molar-refractivity contribution is -0.384. The molecule has 1 heterocycles. The lowest BCUT2D eigenvalue weighted by atomic mass is 10.1. The maximum absolute atomic E-state index is 12.6. The van der Waals surface area contributed by atoms with Gasteiger partial charge in [0.2, 0.25) is 0 Å². The maximum Gasteiger partial charge on any atom is 0.416 e. The van der Waals surface area contributed by atoms with Gasteiger partial charge < -0.3 is 10.2 Å². The van der Waals surface area contributed by atoms with Crippen LogP contribution in [0.2, 0.25) is 0 Å². The van der Waals surface area contributed by atoms with E-state index < -0.39 is 22.4 Å². The smallest absolute Gasteiger partial charge is 0.363 e. The Morgan fingerprint density at radius 2 is 2.10 bits per heavy atom. The first-order chi connectivity index (χ1) is 9.29. The summed E-state index contributed by atoms with van der Waals surface area (Å²) in [5, 5.41) is 14.2. The first-order valence-corrected chi connectivity index (χ1v) is 6.13. The third kappa shape index (κ3) is 3.98. The second-order valence-electron chi connectivity index (χ2n) is 4.76. The zero-order chi connectivity index (χ0) is 14.9. The fourth-order valence-electron chi connectivity index (χ4n) is 2.26. The van der Waals surface area contributed by atoms with Gasteiger partial charge in [-0.1, -0.05) is 0 Å². The van der Waals surface area contributed by atoms with Crippen LogP contribution in [0.4, 0.5) is 24.5 Å². The van der Waals surface area contributed by atoms with Crippen LogP contribution < -0.4 is 10.2 Å². The Balaban J connectivity index is 0.00000220. The van der Waals surface area contributed by atoms with Crippen LogP contribution in [-0.4, -0.2) is 30.6 Å². The van der Waals surface area contributed by atoms with Crippen molar-refractivity contribution in [3.8, 4) is 0 Å². The van der Waals surface area contributed by atoms with Crippen LogP contribution in [0.1, 0.15) is 12.5 Å². The minimum atomic E-state index is -4.58. The van der Waals surface area contributed by atoms with Crippen LogP contribution in [0.25, 0.3) is 0 Å². The molecule has 0 saturated carbocycles. The van der Waals surface area contributed by atoms with Gasteiger partial charge in [-0.25, -0.2) is 0 Å². The highest BCUT2D eigenvalue weighted by atomic mass is 35.5. The summed E-state index contributed by atoms with van der Waals surface area (Å²) in [6.45, 7) is 3.60. The molecule has 1 aromatic rings. The lowest BCUT2D eigenvalue weighted by Crippen LogP contribution is -2.49. The minimum absolute atomic E-state index is 0. The molecule has 1 atom stereocenters. The van der Waals surface area contributed by atoms with Crippen LogP contribution in [0.3, 0.4) is 0 Å². The zero-order valence-corrected chi connectivity index (χ0v) is 12.0. The molecule has 0 aromatic heterocycles. The summed E-state index contributed by atoms with van der Waals surface area (Å²) in [4.78, 5) is 12.0. The average Bonchev–Trinajstić information content (AvgIpc) is 2.37. The van der Waals surface area contributed by atoms with Crippen molar-refractivity contribution in [1.82, 2.24) is 5.32 Å². The van der Waals surface area contributed by atoms with E-state index in [-0.39, 0.29) is 24.1 Å². The summed E-state index contributed by atoms with van der Waals surface area (Å²) in [5.41, 5.74) is -1.28. The number of halogens is 4. The van der Waals surface area contributed by atoms with Gasteiger partial charge in [-0.15, -0.1) is 12.4 Å². The largest absolute Gasteiger partial charge is 0.416 e. The van der Waals surface area contributed by atoms with Crippen molar-refractivity contribution in [3.63, 3.8) is 0 Å². The predicted octanol–water partition coefficient (Wildman–Crippen LogP) is 2.83. The number of benzene rings is 1. The molecule has 0 amide bonds. The number of nitro groups is 1. The first kappa shape index (κ1) is 17.5. The van der Waals surface area contributed by atoms with Crippen LogP contribution in [-0.2, 0) is 6.18 Å². The minimum Gasteiger partial charge on any atom is -0.363 e. The SMILES string of the molecule is CC1CN(c2ccc(C(F)(F)F)cc2[N+](=O)[O-])CCN1.Cl. The Bertz CT molecular complexity index is 525. The molecular weight excluding hydrogens is 311 g/mol. The van der Waals surface area contributed by atoms with Crippen molar-refractivity contribution in [1.29, 1.82) is 0 Å². The van der Waals surface area contributed by atoms with E-state index in [4.69, 9.17) is 0 Å². The van der Waals surface area contributed by atoms with Crippen molar-refractivity contribution in [2.24, 2.45) is 0 Å². The molecule has 1 aliphatic heterocycles. The van der Waals surface area contributed by atoms with Gasteiger partial charge in [0.25, 0.3) is 5.69 Å². The van der Waals surface area contributed by atoms with Gasteiger partial charge in [-0.3, -0.25) is 10.1 Å². The van der Waals surface area contributed by atoms with Crippen molar-refractivity contribution >= 4 is 23.8 Å². The Morgan fingerprint density at radius 3 is 2.62 bits per heavy atom. The predicted molar refractivity (Wildman–Crippen MR) is 75.0 cm³/mol. The van der Waals surface area contributed by atoms with E-state index >= 15 is 0 Å². The zero-order valence-electron chi connectivity index (χ0n) is 11.2. The molecule has 0 radical (unpaired) electrons. The normalized spacial score (nSPS) is 19.0. The molecule has 5 nitrogen and oxygen atoms in total. The van der Waals surface area contributed by atoms with Gasteiger partial charge in [0, 0.05) is 31.7 Å². The molecule has 21 heavy (non-hydrogen) atoms. The third-order valence-corrected chi connectivity index (χ3v) is 3.21. The van der Waals surface area contributed by atoms with E-state index in [1.165, 1.54) is 6.07 Å². The molecule has 1 saturated heterocycles. The van der Waals surface area contributed by atoms with Crippen molar-refractivity contribution in [2.75, 3.05) is 24.5 Å². The fourth-order valence-corrected chi connectivity index (χ4v) is 2.26. The number of nitrogens with one attached hydrogen (secondary N) is 1. The molecule has 1 aliphatic rings. The third-order valence-electron chi connectivity index (χ3n) is 3.21. The second-order valence-corrected chi connectivity index (χ2v) is 4.76. The summed E-state index contributed by atoms with van der Waals surface area (Å²) in [7, 11) is 0. The number of alkyl halides is 3. The van der Waals surface area contributed by atoms with Gasteiger partial charge in [-0.05, 0) is 19.1 Å². The van der Waals surface area contributed by atoms with E-state index in [1.54, 1.807) is 4.90 Å². The molecule has 2 rings (SSSR count). The summed E-state index contributed by atoms with van der Waals surface area (Å²) < 4.78 is 37.9. The average molecular weight is 326 g/mol. The van der Waals surface area contributed by atoms with E-state index in [0.717, 1.165) is 6.07 Å². The van der Waals surface area contributed by atoms with Gasteiger partial charge >= 0.3 is 6.18 Å². The Morgan fingerprint density at radius 1 is 1.43 bits per heavy atom. The summed E-state index contributed by atoms with van der Waals surface area (Å²) in [6.07, 6.45) is -4.58. The number of hydrogen-bond donors (Lipinski definition) is 1. The van der Waals surface area contributed by atoms with E-state index in [0.29, 0.717) is 25.7 Å². The van der Waals surface area contributed by atoms with E-state index in [1.807, 2.05) is 6.92 Å². The summed E-state index contributed by atoms with van der Waals surface area (Å²) in [5.74, 6) is 0. The standard InChI is InChI=1S/C12H14F3N3O2.ClH/c1-8-7-17(5-4-16-8)10-3-2-9(12(13,14)15)6-11(10)18(19)20;/h2-3,6,8,16H,4-5,7H2,1H3;1H. The van der Waals surface area contributed by atoms with Crippen molar-refractivity contribution in [2.45, 2.75) is 19.1 Å². The molecule has 0 bridgehead atoms. The topological polar surface area (TPSA) is 58.4 Å². The number of anilines is 1. The molecule has 1 unspecified atom stereocenters. The van der Waals surface area contributed by atoms with Crippen LogP contribution in [0.15, 0.2) is 18.2 Å². The second kappa shape index (κ2) is 6.48. The molecule has 0 spiro atoms. The van der Waals surface area contributed by atoms with Gasteiger partial charge in [0.1, 0.15) is 5.69 Å². The highest BCUT2D eigenvalue weighted by Crippen LogP contribution is 2.36. The molecule has 9 heteroatoms.